The van der Waals surface area contributed by atoms with E-state index in [0.29, 0.717) is 46.0 Å². The van der Waals surface area contributed by atoms with Crippen LogP contribution < -0.4 is 15.2 Å². The number of pyridine rings is 1. The summed E-state index contributed by atoms with van der Waals surface area (Å²) >= 11 is 0. The van der Waals surface area contributed by atoms with Crippen molar-refractivity contribution in [2.45, 2.75) is 63.2 Å². The van der Waals surface area contributed by atoms with Crippen LogP contribution in [0.25, 0.3) is 11.3 Å². The summed E-state index contributed by atoms with van der Waals surface area (Å²) in [5.41, 5.74) is 7.79. The van der Waals surface area contributed by atoms with Gasteiger partial charge in [0.2, 0.25) is 0 Å². The summed E-state index contributed by atoms with van der Waals surface area (Å²) in [6, 6.07) is 12.9. The number of fused-ring (bicyclic) bond motifs is 1. The van der Waals surface area contributed by atoms with E-state index in [1.165, 1.54) is 12.1 Å². The second kappa shape index (κ2) is 10.1. The molecule has 0 radical (unpaired) electrons. The molecule has 0 spiro atoms. The molecule has 2 heterocycles. The largest absolute Gasteiger partial charge is 0.490 e. The molecule has 0 amide bonds. The number of rotatable bonds is 10. The molecular weight excluding hydrogens is 487 g/mol. The molecule has 8 heteroatoms. The van der Waals surface area contributed by atoms with Crippen LogP contribution in [-0.4, -0.2) is 40.3 Å². The number of aromatic nitrogens is 1. The highest BCUT2D eigenvalue weighted by Crippen LogP contribution is 2.44. The van der Waals surface area contributed by atoms with Crippen molar-refractivity contribution in [3.05, 3.63) is 76.7 Å². The number of ketones is 1. The van der Waals surface area contributed by atoms with E-state index in [-0.39, 0.29) is 43.8 Å². The third-order valence-electron chi connectivity index (χ3n) is 7.20. The summed E-state index contributed by atoms with van der Waals surface area (Å²) in [7, 11) is 0. The van der Waals surface area contributed by atoms with Crippen molar-refractivity contribution in [2.75, 3.05) is 13.2 Å². The number of benzene rings is 2. The fraction of sp³-hybridized carbons (Fsp3) is 0.400. The molecule has 1 aliphatic heterocycles. The molecule has 200 valence electrons. The monoisotopic (exact) mass is 520 g/mol. The minimum atomic E-state index is -1.44. The van der Waals surface area contributed by atoms with Gasteiger partial charge in [-0.25, -0.2) is 9.37 Å². The van der Waals surface area contributed by atoms with E-state index in [1.807, 2.05) is 13.0 Å². The van der Waals surface area contributed by atoms with Crippen LogP contribution >= 0.6 is 0 Å². The Labute approximate surface area is 221 Å². The van der Waals surface area contributed by atoms with Crippen molar-refractivity contribution < 1.29 is 28.9 Å². The van der Waals surface area contributed by atoms with Gasteiger partial charge in [-0.1, -0.05) is 12.1 Å². The van der Waals surface area contributed by atoms with Gasteiger partial charge in [-0.15, -0.1) is 0 Å². The Morgan fingerprint density at radius 3 is 2.66 bits per heavy atom. The highest BCUT2D eigenvalue weighted by molar-refractivity contribution is 5.96. The number of nitrogens with two attached hydrogens (primary N) is 1. The van der Waals surface area contributed by atoms with E-state index >= 15 is 0 Å². The van der Waals surface area contributed by atoms with Crippen molar-refractivity contribution in [3.63, 3.8) is 0 Å². The third kappa shape index (κ3) is 5.43. The van der Waals surface area contributed by atoms with Crippen LogP contribution in [0, 0.1) is 5.82 Å². The molecule has 4 N–H and O–H groups in total. The number of Topliss-reactive ketones (excluding diaryl/α,β-unsaturated/α-hetero) is 1. The van der Waals surface area contributed by atoms with Crippen LogP contribution in [0.15, 0.2) is 48.5 Å². The van der Waals surface area contributed by atoms with Crippen LogP contribution in [0.5, 0.6) is 11.5 Å². The standard InChI is InChI=1S/C30H33FN2O5/c1-29(32)17-37-28-23(29)16-26(33-27(28)19-5-7-21(31)8-6-19)30(2,36)13-11-24(35)20-4-3-18(12-14-34)25(15-20)38-22-9-10-22/h3-8,15-16,22,34,36H,9-14,17,32H2,1-2H3. The van der Waals surface area contributed by atoms with Crippen LogP contribution in [0.1, 0.15) is 66.7 Å². The first kappa shape index (κ1) is 26.3. The van der Waals surface area contributed by atoms with E-state index in [9.17, 15) is 19.4 Å². The molecule has 0 saturated heterocycles. The SMILES string of the molecule is CC1(N)COc2c1cc(C(C)(O)CCC(=O)c1ccc(CCO)c(OC3CC3)c1)nc2-c1ccc(F)cc1. The predicted octanol–water partition coefficient (Wildman–Crippen LogP) is 4.40. The lowest BCUT2D eigenvalue weighted by Crippen LogP contribution is -2.35. The first-order valence-corrected chi connectivity index (χ1v) is 13.0. The number of nitrogens with zero attached hydrogens (tertiary/aromatic N) is 1. The van der Waals surface area contributed by atoms with Gasteiger partial charge in [0.15, 0.2) is 11.5 Å². The number of carbonyl (C=O) groups excluding carboxylic acids is 1. The maximum absolute atomic E-state index is 13.6. The fourth-order valence-electron chi connectivity index (χ4n) is 4.64. The average Bonchev–Trinajstić information content (AvgIpc) is 3.65. The van der Waals surface area contributed by atoms with E-state index in [0.717, 1.165) is 18.4 Å². The summed E-state index contributed by atoms with van der Waals surface area (Å²) in [5.74, 6) is 0.647. The molecule has 2 unspecified atom stereocenters. The molecular formula is C30H33FN2O5. The Balaban J connectivity index is 1.40. The lowest BCUT2D eigenvalue weighted by Gasteiger charge is -2.25. The number of hydrogen-bond donors (Lipinski definition) is 3. The smallest absolute Gasteiger partial charge is 0.163 e. The summed E-state index contributed by atoms with van der Waals surface area (Å²) in [6.07, 6.45) is 2.79. The lowest BCUT2D eigenvalue weighted by molar-refractivity contribution is 0.0396. The molecule has 2 atom stereocenters. The zero-order chi connectivity index (χ0) is 27.1. The lowest BCUT2D eigenvalue weighted by atomic mass is 9.88. The van der Waals surface area contributed by atoms with Gasteiger partial charge in [0.25, 0.3) is 0 Å². The van der Waals surface area contributed by atoms with E-state index in [2.05, 4.69) is 0 Å². The van der Waals surface area contributed by atoms with Crippen LogP contribution in [0.4, 0.5) is 4.39 Å². The molecule has 7 nitrogen and oxygen atoms in total. The normalized spacial score (nSPS) is 19.9. The minimum absolute atomic E-state index is 0.00222. The van der Waals surface area contributed by atoms with Gasteiger partial charge in [0.05, 0.1) is 17.3 Å². The van der Waals surface area contributed by atoms with Crippen molar-refractivity contribution in [2.24, 2.45) is 5.73 Å². The third-order valence-corrected chi connectivity index (χ3v) is 7.20. The van der Waals surface area contributed by atoms with Crippen molar-refractivity contribution >= 4 is 5.78 Å². The van der Waals surface area contributed by atoms with Gasteiger partial charge in [-0.3, -0.25) is 4.79 Å². The van der Waals surface area contributed by atoms with Gasteiger partial charge in [0, 0.05) is 29.7 Å². The molecule has 1 fully saturated rings. The summed E-state index contributed by atoms with van der Waals surface area (Å²) in [6.45, 7) is 3.72. The highest BCUT2D eigenvalue weighted by Gasteiger charge is 2.38. The first-order valence-electron chi connectivity index (χ1n) is 13.0. The number of hydrogen-bond acceptors (Lipinski definition) is 7. The molecule has 1 aliphatic carbocycles. The van der Waals surface area contributed by atoms with Crippen molar-refractivity contribution in [1.82, 2.24) is 4.98 Å². The van der Waals surface area contributed by atoms with Crippen molar-refractivity contribution in [3.8, 4) is 22.8 Å². The second-order valence-electron chi connectivity index (χ2n) is 10.8. The van der Waals surface area contributed by atoms with E-state index in [1.54, 1.807) is 37.3 Å². The Kier molecular flexibility index (Phi) is 6.98. The highest BCUT2D eigenvalue weighted by atomic mass is 19.1. The number of aliphatic hydroxyl groups excluding tert-OH is 1. The van der Waals surface area contributed by atoms with Crippen LogP contribution in [0.3, 0.4) is 0 Å². The number of halogens is 1. The van der Waals surface area contributed by atoms with Gasteiger partial charge >= 0.3 is 0 Å². The maximum atomic E-state index is 13.6. The van der Waals surface area contributed by atoms with Crippen LogP contribution in [-0.2, 0) is 17.6 Å². The topological polar surface area (TPSA) is 115 Å². The fourth-order valence-corrected chi connectivity index (χ4v) is 4.64. The zero-order valence-electron chi connectivity index (χ0n) is 21.7. The quantitative estimate of drug-likeness (QED) is 0.340. The molecule has 38 heavy (non-hydrogen) atoms. The summed E-state index contributed by atoms with van der Waals surface area (Å²) in [5, 5.41) is 20.8. The number of aliphatic hydroxyl groups is 2. The predicted molar refractivity (Wildman–Crippen MR) is 141 cm³/mol. The second-order valence-corrected chi connectivity index (χ2v) is 10.8. The van der Waals surface area contributed by atoms with E-state index < -0.39 is 11.1 Å². The molecule has 2 aromatic carbocycles. The first-order chi connectivity index (χ1) is 18.1. The molecule has 5 rings (SSSR count). The summed E-state index contributed by atoms with van der Waals surface area (Å²) in [4.78, 5) is 17.9. The Hall–Kier alpha value is -3.33. The summed E-state index contributed by atoms with van der Waals surface area (Å²) < 4.78 is 25.4. The molecule has 0 bridgehead atoms. The average molecular weight is 521 g/mol. The number of carbonyl (C=O) groups is 1. The van der Waals surface area contributed by atoms with Crippen LogP contribution in [0.2, 0.25) is 0 Å². The van der Waals surface area contributed by atoms with Gasteiger partial charge in [-0.2, -0.15) is 0 Å². The molecule has 3 aromatic rings. The van der Waals surface area contributed by atoms with Gasteiger partial charge in [0.1, 0.15) is 29.5 Å². The Morgan fingerprint density at radius 1 is 1.24 bits per heavy atom. The molecule has 1 aromatic heterocycles. The number of ether oxygens (including phenoxy) is 2. The van der Waals surface area contributed by atoms with Gasteiger partial charge in [-0.05, 0) is 81.5 Å². The van der Waals surface area contributed by atoms with E-state index in [4.69, 9.17) is 20.2 Å². The Morgan fingerprint density at radius 2 is 1.97 bits per heavy atom. The Bertz CT molecular complexity index is 1350. The minimum Gasteiger partial charge on any atom is -0.490 e. The maximum Gasteiger partial charge on any atom is 0.163 e. The molecule has 2 aliphatic rings. The van der Waals surface area contributed by atoms with Crippen molar-refractivity contribution in [1.29, 1.82) is 0 Å². The van der Waals surface area contributed by atoms with Gasteiger partial charge < -0.3 is 25.4 Å². The zero-order valence-corrected chi connectivity index (χ0v) is 21.7. The molecule has 1 saturated carbocycles.